The molecular weight excluding hydrogens is 336 g/mol. The number of hydrogen-bond acceptors (Lipinski definition) is 6. The van der Waals surface area contributed by atoms with Crippen molar-refractivity contribution in [3.8, 4) is 5.75 Å². The number of benzene rings is 2. The van der Waals surface area contributed by atoms with Crippen LogP contribution < -0.4 is 15.6 Å². The number of rotatable bonds is 5. The average molecular weight is 352 g/mol. The van der Waals surface area contributed by atoms with Gasteiger partial charge in [-0.1, -0.05) is 17.3 Å². The topological polar surface area (TPSA) is 103 Å². The number of carbonyl (C=O) groups is 2. The van der Waals surface area contributed by atoms with Gasteiger partial charge in [0.05, 0.1) is 18.4 Å². The van der Waals surface area contributed by atoms with E-state index >= 15 is 0 Å². The summed E-state index contributed by atoms with van der Waals surface area (Å²) in [4.78, 5) is 35.2. The Bertz CT molecular complexity index is 1010. The van der Waals surface area contributed by atoms with Crippen LogP contribution in [0.15, 0.2) is 53.3 Å². The molecule has 0 saturated heterocycles. The van der Waals surface area contributed by atoms with Crippen molar-refractivity contribution in [2.45, 2.75) is 19.9 Å². The molecule has 26 heavy (non-hydrogen) atoms. The van der Waals surface area contributed by atoms with E-state index in [0.29, 0.717) is 22.3 Å². The number of aromatic nitrogens is 3. The van der Waals surface area contributed by atoms with E-state index < -0.39 is 5.97 Å². The number of nitrogens with zero attached hydrogens (tertiary/aromatic N) is 3. The van der Waals surface area contributed by atoms with E-state index in [1.54, 1.807) is 48.5 Å². The predicted octanol–water partition coefficient (Wildman–Crippen LogP) is 1.75. The van der Waals surface area contributed by atoms with Gasteiger partial charge >= 0.3 is 5.97 Å². The minimum absolute atomic E-state index is 0.0274. The molecule has 0 radical (unpaired) electrons. The molecule has 1 amide bonds. The first kappa shape index (κ1) is 17.3. The van der Waals surface area contributed by atoms with Crippen LogP contribution in [0, 0.1) is 0 Å². The number of aryl methyl sites for hydroxylation is 1. The summed E-state index contributed by atoms with van der Waals surface area (Å²) in [6.07, 6.45) is -0.0274. The van der Waals surface area contributed by atoms with Gasteiger partial charge < -0.3 is 10.1 Å². The van der Waals surface area contributed by atoms with Crippen molar-refractivity contribution in [2.24, 2.45) is 0 Å². The van der Waals surface area contributed by atoms with E-state index in [4.69, 9.17) is 4.74 Å². The minimum atomic E-state index is -0.501. The molecule has 0 fully saturated rings. The van der Waals surface area contributed by atoms with E-state index in [1.807, 2.05) is 0 Å². The van der Waals surface area contributed by atoms with Gasteiger partial charge in [-0.3, -0.25) is 14.4 Å². The summed E-state index contributed by atoms with van der Waals surface area (Å²) in [5.41, 5.74) is 0.814. The van der Waals surface area contributed by atoms with E-state index in [1.165, 1.54) is 6.92 Å². The van der Waals surface area contributed by atoms with E-state index in [9.17, 15) is 14.4 Å². The van der Waals surface area contributed by atoms with Gasteiger partial charge in [0.1, 0.15) is 11.3 Å². The third-order valence-corrected chi connectivity index (χ3v) is 3.56. The molecule has 0 unspecified atom stereocenters. The van der Waals surface area contributed by atoms with E-state index in [2.05, 4.69) is 15.6 Å². The molecule has 0 aliphatic rings. The van der Waals surface area contributed by atoms with Crippen LogP contribution in [0.5, 0.6) is 5.75 Å². The number of fused-ring (bicyclic) bond motifs is 1. The van der Waals surface area contributed by atoms with Crippen LogP contribution in [0.25, 0.3) is 10.9 Å². The minimum Gasteiger partial charge on any atom is -0.426 e. The first-order valence-electron chi connectivity index (χ1n) is 7.94. The lowest BCUT2D eigenvalue weighted by molar-refractivity contribution is -0.134. The number of ether oxygens (including phenoxy) is 1. The van der Waals surface area contributed by atoms with E-state index in [-0.39, 0.29) is 24.4 Å². The Hall–Kier alpha value is -3.55. The fraction of sp³-hybridized carbons (Fsp3) is 0.167. The van der Waals surface area contributed by atoms with Crippen LogP contribution >= 0.6 is 0 Å². The van der Waals surface area contributed by atoms with Gasteiger partial charge in [0, 0.05) is 12.6 Å². The highest BCUT2D eigenvalue weighted by molar-refractivity contribution is 5.88. The van der Waals surface area contributed by atoms with Crippen molar-refractivity contribution in [1.29, 1.82) is 0 Å². The number of carbonyl (C=O) groups excluding carboxylic acids is 2. The summed E-state index contributed by atoms with van der Waals surface area (Å²) >= 11 is 0. The molecule has 1 N–H and O–H groups in total. The van der Waals surface area contributed by atoms with Crippen molar-refractivity contribution in [3.05, 3.63) is 58.9 Å². The molecule has 0 atom stereocenters. The van der Waals surface area contributed by atoms with Crippen molar-refractivity contribution in [1.82, 2.24) is 15.0 Å². The molecule has 0 saturated carbocycles. The summed E-state index contributed by atoms with van der Waals surface area (Å²) in [6, 6.07) is 13.3. The molecule has 2 aromatic carbocycles. The zero-order valence-electron chi connectivity index (χ0n) is 14.0. The van der Waals surface area contributed by atoms with E-state index in [0.717, 1.165) is 4.68 Å². The molecule has 0 aliphatic carbocycles. The second kappa shape index (κ2) is 7.56. The Morgan fingerprint density at radius 3 is 2.58 bits per heavy atom. The normalized spacial score (nSPS) is 10.5. The Kier molecular flexibility index (Phi) is 5.02. The number of amides is 1. The van der Waals surface area contributed by atoms with Gasteiger partial charge in [0.2, 0.25) is 5.91 Å². The van der Waals surface area contributed by atoms with Gasteiger partial charge in [0.15, 0.2) is 0 Å². The van der Waals surface area contributed by atoms with Gasteiger partial charge in [-0.05, 0) is 36.4 Å². The molecule has 3 rings (SSSR count). The third-order valence-electron chi connectivity index (χ3n) is 3.56. The van der Waals surface area contributed by atoms with Crippen LogP contribution in [0.2, 0.25) is 0 Å². The summed E-state index contributed by atoms with van der Waals surface area (Å²) in [7, 11) is 0. The maximum atomic E-state index is 12.3. The molecule has 1 aromatic heterocycles. The smallest absolute Gasteiger partial charge is 0.313 e. The SMILES string of the molecule is CC(=O)Nc1ccc(OC(=O)CCn2nnc3ccccc3c2=O)cc1. The highest BCUT2D eigenvalue weighted by Crippen LogP contribution is 2.16. The van der Waals surface area contributed by atoms with Crippen molar-refractivity contribution >= 4 is 28.5 Å². The van der Waals surface area contributed by atoms with Crippen molar-refractivity contribution in [2.75, 3.05) is 5.32 Å². The van der Waals surface area contributed by atoms with Crippen LogP contribution in [0.4, 0.5) is 5.69 Å². The molecular formula is C18H16N4O4. The van der Waals surface area contributed by atoms with Gasteiger partial charge in [-0.25, -0.2) is 4.68 Å². The number of hydrogen-bond donors (Lipinski definition) is 1. The summed E-state index contributed by atoms with van der Waals surface area (Å²) < 4.78 is 6.35. The molecule has 8 nitrogen and oxygen atoms in total. The van der Waals surface area contributed by atoms with Crippen LogP contribution in [0.1, 0.15) is 13.3 Å². The quantitative estimate of drug-likeness (QED) is 0.554. The average Bonchev–Trinajstić information content (AvgIpc) is 2.63. The second-order valence-electron chi connectivity index (χ2n) is 5.56. The lowest BCUT2D eigenvalue weighted by Crippen LogP contribution is -2.26. The zero-order valence-corrected chi connectivity index (χ0v) is 14.0. The first-order chi connectivity index (χ1) is 12.5. The fourth-order valence-corrected chi connectivity index (χ4v) is 2.36. The van der Waals surface area contributed by atoms with Crippen LogP contribution in [-0.4, -0.2) is 26.9 Å². The summed E-state index contributed by atoms with van der Waals surface area (Å²) in [6.45, 7) is 1.48. The Labute approximate surface area is 148 Å². The first-order valence-corrected chi connectivity index (χ1v) is 7.94. The Morgan fingerprint density at radius 2 is 1.85 bits per heavy atom. The lowest BCUT2D eigenvalue weighted by Gasteiger charge is -2.07. The van der Waals surface area contributed by atoms with Gasteiger partial charge in [-0.15, -0.1) is 5.10 Å². The number of esters is 1. The molecule has 8 heteroatoms. The maximum absolute atomic E-state index is 12.3. The second-order valence-corrected chi connectivity index (χ2v) is 5.56. The largest absolute Gasteiger partial charge is 0.426 e. The Balaban J connectivity index is 1.61. The van der Waals surface area contributed by atoms with Crippen LogP contribution in [0.3, 0.4) is 0 Å². The molecule has 0 spiro atoms. The van der Waals surface area contributed by atoms with Gasteiger partial charge in [0.25, 0.3) is 5.56 Å². The third kappa shape index (κ3) is 4.10. The highest BCUT2D eigenvalue weighted by Gasteiger charge is 2.09. The standard InChI is InChI=1S/C18H16N4O4/c1-12(23)19-13-6-8-14(9-7-13)26-17(24)10-11-22-18(25)15-4-2-3-5-16(15)20-21-22/h2-9H,10-11H2,1H3,(H,19,23). The summed E-state index contributed by atoms with van der Waals surface area (Å²) in [5, 5.41) is 10.9. The fourth-order valence-electron chi connectivity index (χ4n) is 2.36. The molecule has 1 heterocycles. The summed E-state index contributed by atoms with van der Waals surface area (Å²) in [5.74, 6) is -0.336. The van der Waals surface area contributed by atoms with Crippen molar-refractivity contribution < 1.29 is 14.3 Å². The predicted molar refractivity (Wildman–Crippen MR) is 94.8 cm³/mol. The van der Waals surface area contributed by atoms with Crippen molar-refractivity contribution in [3.63, 3.8) is 0 Å². The highest BCUT2D eigenvalue weighted by atomic mass is 16.5. The molecule has 132 valence electrons. The van der Waals surface area contributed by atoms with Crippen LogP contribution in [-0.2, 0) is 16.1 Å². The monoisotopic (exact) mass is 352 g/mol. The molecule has 3 aromatic rings. The molecule has 0 bridgehead atoms. The number of anilines is 1. The van der Waals surface area contributed by atoms with Gasteiger partial charge in [-0.2, -0.15) is 0 Å². The zero-order chi connectivity index (χ0) is 18.5. The Morgan fingerprint density at radius 1 is 1.12 bits per heavy atom. The lowest BCUT2D eigenvalue weighted by atomic mass is 10.2. The number of nitrogens with one attached hydrogen (secondary N) is 1. The molecule has 0 aliphatic heterocycles. The maximum Gasteiger partial charge on any atom is 0.313 e.